The second-order valence-electron chi connectivity index (χ2n) is 4.21. The average Bonchev–Trinajstić information content (AvgIpc) is 2.47. The zero-order chi connectivity index (χ0) is 12.4. The van der Waals surface area contributed by atoms with Crippen LogP contribution in [0, 0.1) is 0 Å². The smallest absolute Gasteiger partial charge is 0.161 e. The number of aliphatic hydroxyl groups is 1. The fraction of sp³-hybridized carbons (Fsp3) is 0.200. The molecular weight excluding hydrogens is 228 g/mol. The van der Waals surface area contributed by atoms with Gasteiger partial charge in [0.15, 0.2) is 11.5 Å². The molecular formula is C15H14O3. The van der Waals surface area contributed by atoms with E-state index in [9.17, 15) is 0 Å². The van der Waals surface area contributed by atoms with Crippen LogP contribution in [0.5, 0.6) is 11.5 Å². The fourth-order valence-electron chi connectivity index (χ4n) is 2.03. The summed E-state index contributed by atoms with van der Waals surface area (Å²) in [6.07, 6.45) is 0. The van der Waals surface area contributed by atoms with Gasteiger partial charge in [-0.1, -0.05) is 30.3 Å². The predicted molar refractivity (Wildman–Crippen MR) is 68.8 cm³/mol. The van der Waals surface area contributed by atoms with E-state index in [1.165, 1.54) is 0 Å². The van der Waals surface area contributed by atoms with E-state index in [2.05, 4.69) is 0 Å². The molecule has 0 spiro atoms. The molecule has 0 atom stereocenters. The third-order valence-electron chi connectivity index (χ3n) is 3.01. The van der Waals surface area contributed by atoms with Crippen LogP contribution in [0.15, 0.2) is 42.5 Å². The summed E-state index contributed by atoms with van der Waals surface area (Å²) in [6.45, 7) is 1.28. The van der Waals surface area contributed by atoms with Crippen LogP contribution < -0.4 is 9.47 Å². The van der Waals surface area contributed by atoms with Crippen molar-refractivity contribution >= 4 is 0 Å². The Bertz CT molecular complexity index is 546. The molecule has 0 aliphatic carbocycles. The van der Waals surface area contributed by atoms with Crippen molar-refractivity contribution in [2.24, 2.45) is 0 Å². The summed E-state index contributed by atoms with van der Waals surface area (Å²) in [5, 5.41) is 9.02. The Morgan fingerprint density at radius 2 is 1.50 bits per heavy atom. The molecule has 3 rings (SSSR count). The number of ether oxygens (including phenoxy) is 2. The quantitative estimate of drug-likeness (QED) is 0.879. The second-order valence-corrected chi connectivity index (χ2v) is 4.21. The molecule has 1 aliphatic heterocycles. The van der Waals surface area contributed by atoms with Gasteiger partial charge in [0.2, 0.25) is 0 Å². The molecule has 1 aliphatic rings. The molecule has 3 nitrogen and oxygen atoms in total. The Morgan fingerprint density at radius 3 is 2.22 bits per heavy atom. The Hall–Kier alpha value is -2.00. The lowest BCUT2D eigenvalue weighted by Gasteiger charge is -2.19. The van der Waals surface area contributed by atoms with Gasteiger partial charge in [0.1, 0.15) is 13.2 Å². The van der Waals surface area contributed by atoms with Crippen LogP contribution in [0.2, 0.25) is 0 Å². The lowest BCUT2D eigenvalue weighted by molar-refractivity contribution is 0.171. The molecule has 1 N–H and O–H groups in total. The van der Waals surface area contributed by atoms with Crippen molar-refractivity contribution in [3.05, 3.63) is 48.0 Å². The van der Waals surface area contributed by atoms with E-state index in [1.807, 2.05) is 42.5 Å². The van der Waals surface area contributed by atoms with Gasteiger partial charge in [0.25, 0.3) is 0 Å². The lowest BCUT2D eigenvalue weighted by Crippen LogP contribution is -2.15. The molecule has 0 unspecified atom stereocenters. The van der Waals surface area contributed by atoms with Crippen molar-refractivity contribution in [3.8, 4) is 22.6 Å². The molecule has 18 heavy (non-hydrogen) atoms. The molecule has 2 aromatic carbocycles. The zero-order valence-electron chi connectivity index (χ0n) is 9.93. The van der Waals surface area contributed by atoms with Crippen molar-refractivity contribution in [1.82, 2.24) is 0 Å². The van der Waals surface area contributed by atoms with Gasteiger partial charge in [0.05, 0.1) is 6.61 Å². The van der Waals surface area contributed by atoms with E-state index >= 15 is 0 Å². The van der Waals surface area contributed by atoms with E-state index in [4.69, 9.17) is 14.6 Å². The van der Waals surface area contributed by atoms with E-state index < -0.39 is 0 Å². The molecule has 0 radical (unpaired) electrons. The van der Waals surface area contributed by atoms with Crippen molar-refractivity contribution in [3.63, 3.8) is 0 Å². The van der Waals surface area contributed by atoms with Gasteiger partial charge < -0.3 is 14.6 Å². The summed E-state index contributed by atoms with van der Waals surface area (Å²) >= 11 is 0. The highest BCUT2D eigenvalue weighted by molar-refractivity contribution is 5.67. The predicted octanol–water partition coefficient (Wildman–Crippen LogP) is 2.62. The molecule has 2 aromatic rings. The van der Waals surface area contributed by atoms with Crippen LogP contribution in [-0.4, -0.2) is 18.3 Å². The zero-order valence-corrected chi connectivity index (χ0v) is 9.93. The van der Waals surface area contributed by atoms with Crippen molar-refractivity contribution < 1.29 is 14.6 Å². The summed E-state index contributed by atoms with van der Waals surface area (Å²) in [5.74, 6) is 1.60. The summed E-state index contributed by atoms with van der Waals surface area (Å²) in [6, 6.07) is 13.8. The minimum Gasteiger partial charge on any atom is -0.486 e. The van der Waals surface area contributed by atoms with E-state index in [0.717, 1.165) is 28.2 Å². The number of fused-ring (bicyclic) bond motifs is 1. The first-order valence-corrected chi connectivity index (χ1v) is 5.96. The van der Waals surface area contributed by atoms with Crippen LogP contribution in [0.1, 0.15) is 5.56 Å². The van der Waals surface area contributed by atoms with Crippen LogP contribution in [-0.2, 0) is 6.61 Å². The maximum atomic E-state index is 9.02. The monoisotopic (exact) mass is 242 g/mol. The summed E-state index contributed by atoms with van der Waals surface area (Å²) in [5.41, 5.74) is 3.10. The van der Waals surface area contributed by atoms with Gasteiger partial charge in [-0.2, -0.15) is 0 Å². The van der Waals surface area contributed by atoms with Gasteiger partial charge in [-0.25, -0.2) is 0 Å². The van der Waals surface area contributed by atoms with Crippen LogP contribution in [0.3, 0.4) is 0 Å². The van der Waals surface area contributed by atoms with Gasteiger partial charge in [0, 0.05) is 0 Å². The molecule has 0 saturated carbocycles. The molecule has 1 heterocycles. The second kappa shape index (κ2) is 4.70. The molecule has 3 heteroatoms. The normalized spacial score (nSPS) is 13.4. The first-order valence-electron chi connectivity index (χ1n) is 5.96. The largest absolute Gasteiger partial charge is 0.486 e. The molecule has 0 aromatic heterocycles. The Morgan fingerprint density at radius 1 is 0.833 bits per heavy atom. The van der Waals surface area contributed by atoms with Gasteiger partial charge >= 0.3 is 0 Å². The SMILES string of the molecule is OCc1ccc(-c2ccc3c(c2)OCCO3)cc1. The highest BCUT2D eigenvalue weighted by Crippen LogP contribution is 2.34. The minimum absolute atomic E-state index is 0.0709. The maximum absolute atomic E-state index is 9.02. The highest BCUT2D eigenvalue weighted by Gasteiger charge is 2.12. The minimum atomic E-state index is 0.0709. The number of hydrogen-bond acceptors (Lipinski definition) is 3. The lowest BCUT2D eigenvalue weighted by atomic mass is 10.0. The summed E-state index contributed by atoms with van der Waals surface area (Å²) in [4.78, 5) is 0. The van der Waals surface area contributed by atoms with Gasteiger partial charge in [-0.05, 0) is 28.8 Å². The Balaban J connectivity index is 1.95. The van der Waals surface area contributed by atoms with Crippen molar-refractivity contribution in [1.29, 1.82) is 0 Å². The third kappa shape index (κ3) is 2.05. The van der Waals surface area contributed by atoms with E-state index in [1.54, 1.807) is 0 Å². The standard InChI is InChI=1S/C15H14O3/c16-10-11-1-3-12(4-2-11)13-5-6-14-15(9-13)18-8-7-17-14/h1-6,9,16H,7-8,10H2. The average molecular weight is 242 g/mol. The first kappa shape index (κ1) is 11.1. The molecule has 92 valence electrons. The number of hydrogen-bond donors (Lipinski definition) is 1. The summed E-state index contributed by atoms with van der Waals surface area (Å²) < 4.78 is 11.1. The van der Waals surface area contributed by atoms with Crippen LogP contribution in [0.4, 0.5) is 0 Å². The third-order valence-corrected chi connectivity index (χ3v) is 3.01. The fourth-order valence-corrected chi connectivity index (χ4v) is 2.03. The van der Waals surface area contributed by atoms with Crippen molar-refractivity contribution in [2.45, 2.75) is 6.61 Å². The van der Waals surface area contributed by atoms with E-state index in [-0.39, 0.29) is 6.61 Å². The Labute approximate surface area is 106 Å². The molecule has 0 fully saturated rings. The van der Waals surface area contributed by atoms with Gasteiger partial charge in [-0.3, -0.25) is 0 Å². The maximum Gasteiger partial charge on any atom is 0.161 e. The van der Waals surface area contributed by atoms with Crippen LogP contribution in [0.25, 0.3) is 11.1 Å². The first-order chi connectivity index (χ1) is 8.86. The van der Waals surface area contributed by atoms with Crippen molar-refractivity contribution in [2.75, 3.05) is 13.2 Å². The summed E-state index contributed by atoms with van der Waals surface area (Å²) in [7, 11) is 0. The van der Waals surface area contributed by atoms with Gasteiger partial charge in [-0.15, -0.1) is 0 Å². The topological polar surface area (TPSA) is 38.7 Å². The van der Waals surface area contributed by atoms with E-state index in [0.29, 0.717) is 13.2 Å². The Kier molecular flexibility index (Phi) is 2.90. The molecule has 0 amide bonds. The number of aliphatic hydroxyl groups excluding tert-OH is 1. The molecule has 0 bridgehead atoms. The number of rotatable bonds is 2. The number of benzene rings is 2. The molecule has 0 saturated heterocycles. The van der Waals surface area contributed by atoms with Crippen LogP contribution >= 0.6 is 0 Å². The highest BCUT2D eigenvalue weighted by atomic mass is 16.6.